The summed E-state index contributed by atoms with van der Waals surface area (Å²) in [4.78, 5) is 32.8. The number of nitrogens with one attached hydrogen (secondary N) is 2. The zero-order chi connectivity index (χ0) is 25.9. The second-order valence-corrected chi connectivity index (χ2v) is 11.1. The van der Waals surface area contributed by atoms with Gasteiger partial charge in [-0.1, -0.05) is 12.1 Å². The Morgan fingerprint density at radius 1 is 1.16 bits per heavy atom. The number of aromatic nitrogens is 1. The van der Waals surface area contributed by atoms with E-state index in [2.05, 4.69) is 15.6 Å². The van der Waals surface area contributed by atoms with Crippen LogP contribution in [0.5, 0.6) is 5.75 Å². The number of rotatable bonds is 9. The largest absolute Gasteiger partial charge is 0.506 e. The molecule has 2 aliphatic rings. The average molecular weight is 519 g/mol. The molecule has 0 unspecified atom stereocenters. The van der Waals surface area contributed by atoms with E-state index < -0.39 is 0 Å². The lowest BCUT2D eigenvalue weighted by Crippen LogP contribution is -2.33. The second kappa shape index (κ2) is 10.9. The van der Waals surface area contributed by atoms with Crippen molar-refractivity contribution in [2.45, 2.75) is 70.5 Å². The van der Waals surface area contributed by atoms with Crippen LogP contribution in [0.15, 0.2) is 47.8 Å². The lowest BCUT2D eigenvalue weighted by atomic mass is 10.0. The average Bonchev–Trinajstić information content (AvgIpc) is 3.39. The first-order chi connectivity index (χ1) is 17.9. The predicted molar refractivity (Wildman–Crippen MR) is 146 cm³/mol. The van der Waals surface area contributed by atoms with Gasteiger partial charge in [-0.3, -0.25) is 9.59 Å². The van der Waals surface area contributed by atoms with Gasteiger partial charge in [0, 0.05) is 40.8 Å². The first-order valence-corrected chi connectivity index (χ1v) is 14.0. The fourth-order valence-electron chi connectivity index (χ4n) is 4.82. The maximum absolute atomic E-state index is 13.4. The summed E-state index contributed by atoms with van der Waals surface area (Å²) >= 11 is 1.60. The molecule has 8 heteroatoms. The predicted octanol–water partition coefficient (Wildman–Crippen LogP) is 5.46. The molecule has 3 N–H and O–H groups in total. The first-order valence-electron chi connectivity index (χ1n) is 13.1. The number of hydrogen-bond acceptors (Lipinski definition) is 6. The van der Waals surface area contributed by atoms with Gasteiger partial charge in [0.2, 0.25) is 0 Å². The van der Waals surface area contributed by atoms with E-state index in [1.807, 2.05) is 36.3 Å². The van der Waals surface area contributed by atoms with E-state index in [4.69, 9.17) is 0 Å². The maximum Gasteiger partial charge on any atom is 0.254 e. The van der Waals surface area contributed by atoms with Crippen LogP contribution < -0.4 is 10.6 Å². The molecule has 2 atom stereocenters. The van der Waals surface area contributed by atoms with Crippen molar-refractivity contribution in [3.05, 3.63) is 75.2 Å². The van der Waals surface area contributed by atoms with Crippen molar-refractivity contribution < 1.29 is 14.7 Å². The molecule has 1 aliphatic heterocycles. The van der Waals surface area contributed by atoms with E-state index in [0.29, 0.717) is 23.7 Å². The standard InChI is InChI=1S/C29H34N4O3S/c1-18(8-9-20-10-13-24(26(34)15-20)32-23-11-12-23)30-27(35)21-5-3-6-22(16-21)29(36)33-14-4-7-25(33)28-31-19(2)17-37-28/h3,5-6,10,13,15-18,23,25,32,34H,4,7-9,11-12,14H2,1-2H3,(H,30,35)/t18-,25+/m0/s1. The van der Waals surface area contributed by atoms with Crippen LogP contribution in [0.25, 0.3) is 0 Å². The highest BCUT2D eigenvalue weighted by Gasteiger charge is 2.32. The molecule has 194 valence electrons. The number of nitrogens with zero attached hydrogens (tertiary/aromatic N) is 2. The van der Waals surface area contributed by atoms with Gasteiger partial charge < -0.3 is 20.6 Å². The van der Waals surface area contributed by atoms with Crippen LogP contribution in [0.4, 0.5) is 5.69 Å². The Hall–Kier alpha value is -3.39. The van der Waals surface area contributed by atoms with Gasteiger partial charge in [0.1, 0.15) is 10.8 Å². The third-order valence-electron chi connectivity index (χ3n) is 7.05. The lowest BCUT2D eigenvalue weighted by molar-refractivity contribution is 0.0735. The minimum absolute atomic E-state index is 0.00157. The van der Waals surface area contributed by atoms with Crippen LogP contribution in [-0.2, 0) is 6.42 Å². The number of aryl methyl sites for hydroxylation is 2. The quantitative estimate of drug-likeness (QED) is 0.327. The number of likely N-dealkylation sites (tertiary alicyclic amines) is 1. The summed E-state index contributed by atoms with van der Waals surface area (Å²) in [6.45, 7) is 4.64. The Morgan fingerprint density at radius 3 is 2.70 bits per heavy atom. The van der Waals surface area contributed by atoms with Crippen molar-refractivity contribution in [2.75, 3.05) is 11.9 Å². The van der Waals surface area contributed by atoms with Crippen LogP contribution in [0.1, 0.15) is 82.1 Å². The summed E-state index contributed by atoms with van der Waals surface area (Å²) in [7, 11) is 0. The molecule has 0 bridgehead atoms. The minimum Gasteiger partial charge on any atom is -0.506 e. The number of aromatic hydroxyl groups is 1. The molecule has 1 saturated heterocycles. The molecular weight excluding hydrogens is 484 g/mol. The molecule has 0 spiro atoms. The van der Waals surface area contributed by atoms with Crippen LogP contribution >= 0.6 is 11.3 Å². The van der Waals surface area contributed by atoms with Crippen molar-refractivity contribution in [1.29, 1.82) is 0 Å². The third kappa shape index (κ3) is 6.13. The molecule has 1 saturated carbocycles. The summed E-state index contributed by atoms with van der Waals surface area (Å²) in [6, 6.07) is 13.2. The van der Waals surface area contributed by atoms with Gasteiger partial charge in [-0.25, -0.2) is 4.98 Å². The topological polar surface area (TPSA) is 94.6 Å². The lowest BCUT2D eigenvalue weighted by Gasteiger charge is -2.23. The van der Waals surface area contributed by atoms with Crippen LogP contribution in [0, 0.1) is 6.92 Å². The van der Waals surface area contributed by atoms with Crippen molar-refractivity contribution in [2.24, 2.45) is 0 Å². The minimum atomic E-state index is -0.192. The molecule has 5 rings (SSSR count). The van der Waals surface area contributed by atoms with Gasteiger partial charge in [-0.15, -0.1) is 11.3 Å². The number of phenols is 1. The highest BCUT2D eigenvalue weighted by molar-refractivity contribution is 7.09. The Bertz CT molecular complexity index is 1290. The molecule has 0 radical (unpaired) electrons. The Kier molecular flexibility index (Phi) is 7.46. The number of carbonyl (C=O) groups is 2. The number of benzene rings is 2. The van der Waals surface area contributed by atoms with Crippen LogP contribution in [-0.4, -0.2) is 45.4 Å². The monoisotopic (exact) mass is 518 g/mol. The molecule has 1 aliphatic carbocycles. The number of phenolic OH excluding ortho intramolecular Hbond substituents is 1. The van der Waals surface area contributed by atoms with Crippen LogP contribution in [0.3, 0.4) is 0 Å². The highest BCUT2D eigenvalue weighted by atomic mass is 32.1. The smallest absolute Gasteiger partial charge is 0.254 e. The van der Waals surface area contributed by atoms with Crippen molar-refractivity contribution in [3.8, 4) is 5.75 Å². The third-order valence-corrected chi connectivity index (χ3v) is 8.11. The van der Waals surface area contributed by atoms with E-state index in [1.54, 1.807) is 41.7 Å². The van der Waals surface area contributed by atoms with Gasteiger partial charge in [0.05, 0.1) is 11.7 Å². The van der Waals surface area contributed by atoms with Gasteiger partial charge in [-0.2, -0.15) is 0 Å². The molecule has 2 amide bonds. The van der Waals surface area contributed by atoms with E-state index in [-0.39, 0.29) is 29.6 Å². The molecular formula is C29H34N4O3S. The summed E-state index contributed by atoms with van der Waals surface area (Å²) in [5.41, 5.74) is 3.79. The Labute approximate surface area is 221 Å². The zero-order valence-corrected chi connectivity index (χ0v) is 22.2. The zero-order valence-electron chi connectivity index (χ0n) is 21.4. The SMILES string of the molecule is Cc1csc([C@H]2CCCN2C(=O)c2cccc(C(=O)N[C@@H](C)CCc3ccc(NC4CC4)c(O)c3)c2)n1. The summed E-state index contributed by atoms with van der Waals surface area (Å²) in [5, 5.41) is 19.7. The Balaban J connectivity index is 1.17. The number of thiazole rings is 1. The van der Waals surface area contributed by atoms with Gasteiger partial charge in [0.25, 0.3) is 11.8 Å². The molecule has 1 aromatic heterocycles. The van der Waals surface area contributed by atoms with Gasteiger partial charge in [-0.05, 0) is 88.3 Å². The van der Waals surface area contributed by atoms with Crippen molar-refractivity contribution >= 4 is 28.8 Å². The van der Waals surface area contributed by atoms with E-state index in [0.717, 1.165) is 60.5 Å². The van der Waals surface area contributed by atoms with Crippen molar-refractivity contribution in [1.82, 2.24) is 15.2 Å². The number of carbonyl (C=O) groups excluding carboxylic acids is 2. The van der Waals surface area contributed by atoms with E-state index in [9.17, 15) is 14.7 Å². The fraction of sp³-hybridized carbons (Fsp3) is 0.414. The highest BCUT2D eigenvalue weighted by Crippen LogP contribution is 2.35. The van der Waals surface area contributed by atoms with E-state index >= 15 is 0 Å². The summed E-state index contributed by atoms with van der Waals surface area (Å²) < 4.78 is 0. The molecule has 7 nitrogen and oxygen atoms in total. The molecule has 2 aromatic carbocycles. The number of anilines is 1. The summed E-state index contributed by atoms with van der Waals surface area (Å²) in [5.74, 6) is 0.0211. The number of amides is 2. The van der Waals surface area contributed by atoms with Gasteiger partial charge >= 0.3 is 0 Å². The first kappa shape index (κ1) is 25.3. The number of hydrogen-bond donors (Lipinski definition) is 3. The maximum atomic E-state index is 13.4. The van der Waals surface area contributed by atoms with Crippen LogP contribution in [0.2, 0.25) is 0 Å². The second-order valence-electron chi connectivity index (χ2n) is 10.2. The van der Waals surface area contributed by atoms with Crippen molar-refractivity contribution in [3.63, 3.8) is 0 Å². The molecule has 3 aromatic rings. The normalized spacial score (nSPS) is 18.0. The Morgan fingerprint density at radius 2 is 1.97 bits per heavy atom. The van der Waals surface area contributed by atoms with Gasteiger partial charge in [0.15, 0.2) is 0 Å². The summed E-state index contributed by atoms with van der Waals surface area (Å²) in [6.07, 6.45) is 5.64. The molecule has 2 heterocycles. The fourth-order valence-corrected chi connectivity index (χ4v) is 5.76. The van der Waals surface area contributed by atoms with E-state index in [1.165, 1.54) is 0 Å². The molecule has 37 heavy (non-hydrogen) atoms. The molecule has 2 fully saturated rings.